The molecule has 1 aromatic carbocycles. The lowest BCUT2D eigenvalue weighted by Crippen LogP contribution is -2.52. The lowest BCUT2D eigenvalue weighted by atomic mass is 9.71. The zero-order valence-electron chi connectivity index (χ0n) is 13.8. The second kappa shape index (κ2) is 6.72. The third-order valence-electron chi connectivity index (χ3n) is 5.38. The molecule has 23 heavy (non-hydrogen) atoms. The van der Waals surface area contributed by atoms with Crippen LogP contribution in [0.25, 0.3) is 0 Å². The highest BCUT2D eigenvalue weighted by Gasteiger charge is 2.45. The number of hydrogen-bond acceptors (Lipinski definition) is 3. The van der Waals surface area contributed by atoms with Gasteiger partial charge in [0.2, 0.25) is 5.91 Å². The van der Waals surface area contributed by atoms with Crippen molar-refractivity contribution in [1.29, 1.82) is 5.26 Å². The second-order valence-electron chi connectivity index (χ2n) is 6.70. The fourth-order valence-electron chi connectivity index (χ4n) is 3.94. The van der Waals surface area contributed by atoms with Crippen LogP contribution in [0.1, 0.15) is 36.8 Å². The van der Waals surface area contributed by atoms with Crippen molar-refractivity contribution in [2.75, 3.05) is 26.3 Å². The molecular formula is C19H24N2O2. The van der Waals surface area contributed by atoms with Crippen molar-refractivity contribution in [3.8, 4) is 6.07 Å². The fourth-order valence-corrected chi connectivity index (χ4v) is 3.94. The molecule has 122 valence electrons. The van der Waals surface area contributed by atoms with Gasteiger partial charge in [0.25, 0.3) is 0 Å². The topological polar surface area (TPSA) is 53.3 Å². The third-order valence-corrected chi connectivity index (χ3v) is 5.38. The summed E-state index contributed by atoms with van der Waals surface area (Å²) in [7, 11) is 0. The molecule has 2 aliphatic rings. The minimum absolute atomic E-state index is 0.100. The number of nitriles is 1. The number of hydrogen-bond donors (Lipinski definition) is 0. The maximum absolute atomic E-state index is 13.4. The summed E-state index contributed by atoms with van der Waals surface area (Å²) in [5.74, 6) is 0.328. The van der Waals surface area contributed by atoms with E-state index in [0.29, 0.717) is 26.3 Å². The summed E-state index contributed by atoms with van der Waals surface area (Å²) in [6, 6.07) is 10.6. The average Bonchev–Trinajstić information content (AvgIpc) is 2.62. The number of carbonyl (C=O) groups excluding carboxylic acids is 1. The van der Waals surface area contributed by atoms with E-state index in [4.69, 9.17) is 10.00 Å². The summed E-state index contributed by atoms with van der Waals surface area (Å²) in [4.78, 5) is 15.4. The number of carbonyl (C=O) groups is 1. The molecule has 0 radical (unpaired) electrons. The Bertz CT molecular complexity index is 606. The van der Waals surface area contributed by atoms with E-state index in [1.54, 1.807) is 0 Å². The molecule has 2 heterocycles. The largest absolute Gasteiger partial charge is 0.381 e. The summed E-state index contributed by atoms with van der Waals surface area (Å²) < 4.78 is 5.54. The van der Waals surface area contributed by atoms with Gasteiger partial charge in [-0.1, -0.05) is 24.3 Å². The first kappa shape index (κ1) is 16.0. The fraction of sp³-hybridized carbons (Fsp3) is 0.579. The van der Waals surface area contributed by atoms with Gasteiger partial charge in [0.05, 0.1) is 11.5 Å². The van der Waals surface area contributed by atoms with E-state index in [0.717, 1.165) is 31.2 Å². The number of likely N-dealkylation sites (tertiary alicyclic amines) is 1. The predicted octanol–water partition coefficient (Wildman–Crippen LogP) is 2.81. The second-order valence-corrected chi connectivity index (χ2v) is 6.70. The minimum atomic E-state index is -0.455. The molecule has 2 aliphatic heterocycles. The maximum atomic E-state index is 13.4. The van der Waals surface area contributed by atoms with E-state index in [2.05, 4.69) is 25.1 Å². The Morgan fingerprint density at radius 1 is 1.26 bits per heavy atom. The predicted molar refractivity (Wildman–Crippen MR) is 87.8 cm³/mol. The zero-order chi connectivity index (χ0) is 16.3. The molecule has 0 N–H and O–H groups in total. The molecule has 2 fully saturated rings. The summed E-state index contributed by atoms with van der Waals surface area (Å²) in [5.41, 5.74) is 1.87. The van der Waals surface area contributed by atoms with Crippen LogP contribution in [-0.2, 0) is 14.9 Å². The Kier molecular flexibility index (Phi) is 4.68. The summed E-state index contributed by atoms with van der Waals surface area (Å²) in [6.45, 7) is 4.75. The van der Waals surface area contributed by atoms with Gasteiger partial charge in [-0.2, -0.15) is 5.26 Å². The molecule has 2 saturated heterocycles. The van der Waals surface area contributed by atoms with Crippen molar-refractivity contribution in [2.45, 2.75) is 38.0 Å². The highest BCUT2D eigenvalue weighted by atomic mass is 16.5. The van der Waals surface area contributed by atoms with Crippen molar-refractivity contribution in [3.05, 3.63) is 35.4 Å². The maximum Gasteiger partial charge on any atom is 0.233 e. The number of aryl methyl sites for hydroxylation is 1. The highest BCUT2D eigenvalue weighted by Crippen LogP contribution is 2.39. The Balaban J connectivity index is 1.89. The van der Waals surface area contributed by atoms with E-state index < -0.39 is 5.41 Å². The van der Waals surface area contributed by atoms with Gasteiger partial charge in [0.1, 0.15) is 0 Å². The SMILES string of the molecule is Cc1ccccc1C1(C(=O)N2CCC(C#N)CC2)CCOCC1. The molecular weight excluding hydrogens is 288 g/mol. The molecule has 0 aromatic heterocycles. The summed E-state index contributed by atoms with van der Waals surface area (Å²) >= 11 is 0. The molecule has 0 bridgehead atoms. The van der Waals surface area contributed by atoms with Crippen LogP contribution < -0.4 is 0 Å². The minimum Gasteiger partial charge on any atom is -0.381 e. The molecule has 0 saturated carbocycles. The molecule has 0 unspecified atom stereocenters. The molecule has 1 amide bonds. The Hall–Kier alpha value is -1.86. The molecule has 0 atom stereocenters. The van der Waals surface area contributed by atoms with Crippen molar-refractivity contribution in [2.24, 2.45) is 5.92 Å². The number of nitrogens with zero attached hydrogens (tertiary/aromatic N) is 2. The van der Waals surface area contributed by atoms with Crippen molar-refractivity contribution in [1.82, 2.24) is 4.90 Å². The Morgan fingerprint density at radius 3 is 2.52 bits per heavy atom. The Labute approximate surface area is 138 Å². The third kappa shape index (κ3) is 2.98. The van der Waals surface area contributed by atoms with E-state index in [1.165, 1.54) is 5.56 Å². The first-order chi connectivity index (χ1) is 11.2. The molecule has 1 aromatic rings. The molecule has 4 nitrogen and oxygen atoms in total. The first-order valence-corrected chi connectivity index (χ1v) is 8.50. The van der Waals surface area contributed by atoms with Gasteiger partial charge in [0.15, 0.2) is 0 Å². The van der Waals surface area contributed by atoms with Crippen LogP contribution in [0, 0.1) is 24.2 Å². The van der Waals surface area contributed by atoms with Crippen molar-refractivity contribution in [3.63, 3.8) is 0 Å². The normalized spacial score (nSPS) is 21.7. The number of piperidine rings is 1. The van der Waals surface area contributed by atoms with Gasteiger partial charge in [-0.25, -0.2) is 0 Å². The molecule has 0 spiro atoms. The van der Waals surface area contributed by atoms with E-state index >= 15 is 0 Å². The van der Waals surface area contributed by atoms with Gasteiger partial charge in [-0.15, -0.1) is 0 Å². The van der Waals surface area contributed by atoms with Crippen LogP contribution in [0.3, 0.4) is 0 Å². The lowest BCUT2D eigenvalue weighted by molar-refractivity contribution is -0.142. The van der Waals surface area contributed by atoms with Gasteiger partial charge in [0, 0.05) is 32.2 Å². The Morgan fingerprint density at radius 2 is 1.91 bits per heavy atom. The summed E-state index contributed by atoms with van der Waals surface area (Å²) in [5, 5.41) is 9.06. The van der Waals surface area contributed by atoms with Crippen LogP contribution in [0.15, 0.2) is 24.3 Å². The highest BCUT2D eigenvalue weighted by molar-refractivity contribution is 5.89. The molecule has 0 aliphatic carbocycles. The van der Waals surface area contributed by atoms with E-state index in [-0.39, 0.29) is 11.8 Å². The number of benzene rings is 1. The van der Waals surface area contributed by atoms with Crippen LogP contribution in [0.5, 0.6) is 0 Å². The van der Waals surface area contributed by atoms with Crippen LogP contribution in [0.2, 0.25) is 0 Å². The van der Waals surface area contributed by atoms with E-state index in [1.807, 2.05) is 17.0 Å². The van der Waals surface area contributed by atoms with Gasteiger partial charge >= 0.3 is 0 Å². The average molecular weight is 312 g/mol. The van der Waals surface area contributed by atoms with Crippen molar-refractivity contribution >= 4 is 5.91 Å². The smallest absolute Gasteiger partial charge is 0.233 e. The van der Waals surface area contributed by atoms with Crippen LogP contribution in [0.4, 0.5) is 0 Å². The van der Waals surface area contributed by atoms with Crippen LogP contribution >= 0.6 is 0 Å². The first-order valence-electron chi connectivity index (χ1n) is 8.50. The summed E-state index contributed by atoms with van der Waals surface area (Å²) in [6.07, 6.45) is 3.08. The standard InChI is InChI=1S/C19H24N2O2/c1-15-4-2-3-5-17(15)19(8-12-23-13-9-19)18(22)21-10-6-16(14-20)7-11-21/h2-5,16H,6-13H2,1H3. The van der Waals surface area contributed by atoms with E-state index in [9.17, 15) is 4.79 Å². The molecule has 4 heteroatoms. The molecule has 3 rings (SSSR count). The van der Waals surface area contributed by atoms with Gasteiger partial charge < -0.3 is 9.64 Å². The number of ether oxygens (including phenoxy) is 1. The van der Waals surface area contributed by atoms with Gasteiger partial charge in [-0.05, 0) is 43.7 Å². The monoisotopic (exact) mass is 312 g/mol. The lowest BCUT2D eigenvalue weighted by Gasteiger charge is -2.42. The van der Waals surface area contributed by atoms with Gasteiger partial charge in [-0.3, -0.25) is 4.79 Å². The quantitative estimate of drug-likeness (QED) is 0.844. The van der Waals surface area contributed by atoms with Crippen molar-refractivity contribution < 1.29 is 9.53 Å². The number of rotatable bonds is 2. The number of amides is 1. The zero-order valence-corrected chi connectivity index (χ0v) is 13.8. The van der Waals surface area contributed by atoms with Crippen LogP contribution in [-0.4, -0.2) is 37.1 Å².